The van der Waals surface area contributed by atoms with E-state index in [2.05, 4.69) is 17.2 Å². The van der Waals surface area contributed by atoms with Gasteiger partial charge in [0, 0.05) is 25.8 Å². The van der Waals surface area contributed by atoms with Crippen LogP contribution in [0.3, 0.4) is 0 Å². The average molecular weight is 302 g/mol. The summed E-state index contributed by atoms with van der Waals surface area (Å²) in [5.41, 5.74) is 2.47. The van der Waals surface area contributed by atoms with Crippen molar-refractivity contribution >= 4 is 5.91 Å². The minimum Gasteiger partial charge on any atom is -0.441 e. The molecule has 1 amide bonds. The van der Waals surface area contributed by atoms with E-state index in [9.17, 15) is 4.79 Å². The fourth-order valence-electron chi connectivity index (χ4n) is 2.12. The number of carbonyl (C=O) groups excluding carboxylic acids is 1. The zero-order valence-corrected chi connectivity index (χ0v) is 13.3. The van der Waals surface area contributed by atoms with E-state index < -0.39 is 0 Å². The summed E-state index contributed by atoms with van der Waals surface area (Å²) >= 11 is 0. The maximum Gasteiger partial charge on any atom is 0.273 e. The number of aromatic nitrogens is 1. The molecule has 1 heterocycles. The molecule has 0 unspecified atom stereocenters. The van der Waals surface area contributed by atoms with Crippen LogP contribution in [-0.2, 0) is 11.2 Å². The third-order valence-electron chi connectivity index (χ3n) is 3.43. The molecule has 1 N–H and O–H groups in total. The summed E-state index contributed by atoms with van der Waals surface area (Å²) in [5, 5.41) is 2.82. The van der Waals surface area contributed by atoms with Crippen LogP contribution in [0.4, 0.5) is 0 Å². The lowest BCUT2D eigenvalue weighted by molar-refractivity contribution is 0.0943. The highest BCUT2D eigenvalue weighted by Gasteiger charge is 2.17. The summed E-state index contributed by atoms with van der Waals surface area (Å²) in [6.45, 7) is 5.03. The second-order valence-corrected chi connectivity index (χ2v) is 5.08. The maximum absolute atomic E-state index is 12.1. The van der Waals surface area contributed by atoms with Crippen molar-refractivity contribution < 1.29 is 13.9 Å². The number of benzene rings is 1. The Morgan fingerprint density at radius 1 is 1.32 bits per heavy atom. The summed E-state index contributed by atoms with van der Waals surface area (Å²) in [4.78, 5) is 16.4. The number of hydrogen-bond donors (Lipinski definition) is 1. The molecule has 0 aliphatic rings. The Bertz CT molecular complexity index is 617. The zero-order chi connectivity index (χ0) is 15.9. The first kappa shape index (κ1) is 16.2. The van der Waals surface area contributed by atoms with Gasteiger partial charge in [-0.3, -0.25) is 4.79 Å². The van der Waals surface area contributed by atoms with Gasteiger partial charge < -0.3 is 14.5 Å². The van der Waals surface area contributed by atoms with Gasteiger partial charge >= 0.3 is 0 Å². The van der Waals surface area contributed by atoms with Gasteiger partial charge in [0.2, 0.25) is 5.89 Å². The van der Waals surface area contributed by atoms with E-state index in [4.69, 9.17) is 9.15 Å². The highest BCUT2D eigenvalue weighted by Crippen LogP contribution is 2.22. The van der Waals surface area contributed by atoms with E-state index in [-0.39, 0.29) is 5.91 Å². The first-order valence-electron chi connectivity index (χ1n) is 7.49. The van der Waals surface area contributed by atoms with E-state index in [0.717, 1.165) is 18.4 Å². The molecule has 1 aromatic carbocycles. The van der Waals surface area contributed by atoms with Crippen molar-refractivity contribution in [3.05, 3.63) is 41.3 Å². The summed E-state index contributed by atoms with van der Waals surface area (Å²) in [7, 11) is 1.64. The fourth-order valence-corrected chi connectivity index (χ4v) is 2.12. The molecule has 0 atom stereocenters. The van der Waals surface area contributed by atoms with Gasteiger partial charge in [-0.15, -0.1) is 0 Å². The molecule has 1 aromatic heterocycles. The predicted octanol–water partition coefficient (Wildman–Crippen LogP) is 2.98. The number of aryl methyl sites for hydroxylation is 2. The number of amides is 1. The molecule has 0 spiro atoms. The number of rotatable bonds is 7. The van der Waals surface area contributed by atoms with Crippen molar-refractivity contribution in [1.29, 1.82) is 0 Å². The van der Waals surface area contributed by atoms with Gasteiger partial charge in [-0.1, -0.05) is 19.1 Å². The number of ether oxygens (including phenoxy) is 1. The van der Waals surface area contributed by atoms with Gasteiger partial charge in [-0.2, -0.15) is 0 Å². The maximum atomic E-state index is 12.1. The second-order valence-electron chi connectivity index (χ2n) is 5.08. The summed E-state index contributed by atoms with van der Waals surface area (Å²) in [5.74, 6) is 0.787. The van der Waals surface area contributed by atoms with Crippen molar-refractivity contribution in [1.82, 2.24) is 10.3 Å². The van der Waals surface area contributed by atoms with E-state index in [0.29, 0.717) is 30.5 Å². The molecular weight excluding hydrogens is 280 g/mol. The Morgan fingerprint density at radius 3 is 2.68 bits per heavy atom. The lowest BCUT2D eigenvalue weighted by Crippen LogP contribution is -2.26. The van der Waals surface area contributed by atoms with Crippen LogP contribution in [-0.4, -0.2) is 31.2 Å². The molecule has 22 heavy (non-hydrogen) atoms. The number of nitrogens with zero attached hydrogens (tertiary/aromatic N) is 1. The van der Waals surface area contributed by atoms with Crippen LogP contribution < -0.4 is 5.32 Å². The van der Waals surface area contributed by atoms with E-state index in [1.54, 1.807) is 14.0 Å². The SMILES string of the molecule is CCc1ccc(-c2nc(C(=O)NCCCOC)c(C)o2)cc1. The van der Waals surface area contributed by atoms with Gasteiger partial charge in [0.25, 0.3) is 5.91 Å². The van der Waals surface area contributed by atoms with Crippen molar-refractivity contribution in [2.75, 3.05) is 20.3 Å². The highest BCUT2D eigenvalue weighted by atomic mass is 16.5. The first-order valence-corrected chi connectivity index (χ1v) is 7.49. The molecule has 0 saturated heterocycles. The smallest absolute Gasteiger partial charge is 0.273 e. The van der Waals surface area contributed by atoms with Crippen molar-refractivity contribution in [3.8, 4) is 11.5 Å². The molecule has 2 rings (SSSR count). The Labute approximate surface area is 130 Å². The number of nitrogens with one attached hydrogen (secondary N) is 1. The van der Waals surface area contributed by atoms with Crippen LogP contribution in [0.1, 0.15) is 35.2 Å². The van der Waals surface area contributed by atoms with Gasteiger partial charge in [-0.05, 0) is 37.5 Å². The van der Waals surface area contributed by atoms with Crippen LogP contribution >= 0.6 is 0 Å². The van der Waals surface area contributed by atoms with Crippen LogP contribution in [0.2, 0.25) is 0 Å². The summed E-state index contributed by atoms with van der Waals surface area (Å²) in [6.07, 6.45) is 1.75. The van der Waals surface area contributed by atoms with Gasteiger partial charge in [0.1, 0.15) is 5.76 Å². The van der Waals surface area contributed by atoms with Crippen LogP contribution in [0, 0.1) is 6.92 Å². The number of hydrogen-bond acceptors (Lipinski definition) is 4. The molecule has 0 radical (unpaired) electrons. The molecule has 5 nitrogen and oxygen atoms in total. The van der Waals surface area contributed by atoms with Crippen LogP contribution in [0.5, 0.6) is 0 Å². The standard InChI is InChI=1S/C17H22N2O3/c1-4-13-6-8-14(9-7-13)17-19-15(12(2)22-17)16(20)18-10-5-11-21-3/h6-9H,4-5,10-11H2,1-3H3,(H,18,20). The van der Waals surface area contributed by atoms with E-state index in [1.807, 2.05) is 24.3 Å². The monoisotopic (exact) mass is 302 g/mol. The summed E-state index contributed by atoms with van der Waals surface area (Å²) < 4.78 is 10.6. The Morgan fingerprint density at radius 2 is 2.05 bits per heavy atom. The van der Waals surface area contributed by atoms with Gasteiger partial charge in [-0.25, -0.2) is 4.98 Å². The molecule has 0 bridgehead atoms. The lowest BCUT2D eigenvalue weighted by Gasteiger charge is -2.02. The molecule has 0 aliphatic carbocycles. The normalized spacial score (nSPS) is 10.7. The molecular formula is C17H22N2O3. The predicted molar refractivity (Wildman–Crippen MR) is 84.9 cm³/mol. The Kier molecular flexibility index (Phi) is 5.72. The highest BCUT2D eigenvalue weighted by molar-refractivity contribution is 5.93. The van der Waals surface area contributed by atoms with Gasteiger partial charge in [0.15, 0.2) is 5.69 Å². The zero-order valence-electron chi connectivity index (χ0n) is 13.3. The average Bonchev–Trinajstić information content (AvgIpc) is 2.93. The molecule has 2 aromatic rings. The van der Waals surface area contributed by atoms with E-state index in [1.165, 1.54) is 5.56 Å². The largest absolute Gasteiger partial charge is 0.441 e. The molecule has 5 heteroatoms. The second kappa shape index (κ2) is 7.75. The molecule has 0 fully saturated rings. The first-order chi connectivity index (χ1) is 10.7. The molecule has 0 saturated carbocycles. The third-order valence-corrected chi connectivity index (χ3v) is 3.43. The summed E-state index contributed by atoms with van der Waals surface area (Å²) in [6, 6.07) is 8.01. The van der Waals surface area contributed by atoms with Gasteiger partial charge in [0.05, 0.1) is 0 Å². The fraction of sp³-hybridized carbons (Fsp3) is 0.412. The topological polar surface area (TPSA) is 64.4 Å². The lowest BCUT2D eigenvalue weighted by atomic mass is 10.1. The van der Waals surface area contributed by atoms with Crippen LogP contribution in [0.15, 0.2) is 28.7 Å². The molecule has 118 valence electrons. The molecule has 0 aliphatic heterocycles. The number of carbonyl (C=O) groups is 1. The van der Waals surface area contributed by atoms with E-state index >= 15 is 0 Å². The Hall–Kier alpha value is -2.14. The quantitative estimate of drug-likeness (QED) is 0.799. The Balaban J connectivity index is 2.08. The third kappa shape index (κ3) is 3.95. The van der Waals surface area contributed by atoms with Crippen molar-refractivity contribution in [2.45, 2.75) is 26.7 Å². The van der Waals surface area contributed by atoms with Crippen LogP contribution in [0.25, 0.3) is 11.5 Å². The number of methoxy groups -OCH3 is 1. The minimum absolute atomic E-state index is 0.214. The minimum atomic E-state index is -0.214. The number of oxazole rings is 1. The van der Waals surface area contributed by atoms with Crippen molar-refractivity contribution in [3.63, 3.8) is 0 Å². The van der Waals surface area contributed by atoms with Crippen molar-refractivity contribution in [2.24, 2.45) is 0 Å².